The van der Waals surface area contributed by atoms with Gasteiger partial charge in [-0.1, -0.05) is 30.3 Å². The lowest BCUT2D eigenvalue weighted by Crippen LogP contribution is -2.18. The van der Waals surface area contributed by atoms with Gasteiger partial charge in [0.2, 0.25) is 5.91 Å². The zero-order valence-electron chi connectivity index (χ0n) is 11.6. The van der Waals surface area contributed by atoms with Crippen LogP contribution < -0.4 is 4.74 Å². The first-order valence-electron chi connectivity index (χ1n) is 6.37. The van der Waals surface area contributed by atoms with Crippen molar-refractivity contribution in [2.75, 3.05) is 14.1 Å². The summed E-state index contributed by atoms with van der Waals surface area (Å²) in [6, 6.07) is 17.2. The van der Waals surface area contributed by atoms with Gasteiger partial charge < -0.3 is 9.64 Å². The zero-order chi connectivity index (χ0) is 14.4. The van der Waals surface area contributed by atoms with Gasteiger partial charge in [-0.25, -0.2) is 0 Å². The van der Waals surface area contributed by atoms with Gasteiger partial charge in [-0.15, -0.1) is 0 Å². The average molecular weight is 267 g/mol. The van der Waals surface area contributed by atoms with Gasteiger partial charge in [0.15, 0.2) is 0 Å². The Bertz CT molecular complexity index is 586. The summed E-state index contributed by atoms with van der Waals surface area (Å²) in [4.78, 5) is 13.0. The number of nitrogens with zero attached hydrogens (tertiary/aromatic N) is 1. The molecule has 0 aliphatic heterocycles. The number of carbonyl (C=O) groups is 1. The number of likely N-dealkylation sites (N-methyl/N-ethyl adjacent to an activating group) is 1. The molecule has 3 heteroatoms. The van der Waals surface area contributed by atoms with Gasteiger partial charge in [-0.2, -0.15) is 0 Å². The maximum absolute atomic E-state index is 11.4. The maximum atomic E-state index is 11.4. The molecule has 0 aliphatic carbocycles. The van der Waals surface area contributed by atoms with Crippen molar-refractivity contribution in [1.82, 2.24) is 4.90 Å². The van der Waals surface area contributed by atoms with E-state index in [4.69, 9.17) is 4.74 Å². The predicted octanol–water partition coefficient (Wildman–Crippen LogP) is 3.58. The summed E-state index contributed by atoms with van der Waals surface area (Å²) in [6.45, 7) is 0. The molecule has 0 bridgehead atoms. The van der Waals surface area contributed by atoms with Crippen LogP contribution in [0.5, 0.6) is 11.5 Å². The summed E-state index contributed by atoms with van der Waals surface area (Å²) in [5, 5.41) is 0. The molecular weight excluding hydrogens is 250 g/mol. The van der Waals surface area contributed by atoms with E-state index in [0.717, 1.165) is 17.1 Å². The SMILES string of the molecule is CN(C)C(=O)/C=C/c1ccc(Oc2ccccc2)cc1. The number of amides is 1. The molecule has 2 aromatic rings. The van der Waals surface area contributed by atoms with Crippen molar-refractivity contribution in [3.63, 3.8) is 0 Å². The first-order chi connectivity index (χ1) is 9.65. The summed E-state index contributed by atoms with van der Waals surface area (Å²) in [7, 11) is 3.45. The van der Waals surface area contributed by atoms with Crippen molar-refractivity contribution in [2.24, 2.45) is 0 Å². The van der Waals surface area contributed by atoms with Gasteiger partial charge in [0, 0.05) is 20.2 Å². The van der Waals surface area contributed by atoms with Gasteiger partial charge in [-0.3, -0.25) is 4.79 Å². The molecule has 0 aliphatic rings. The first-order valence-corrected chi connectivity index (χ1v) is 6.37. The highest BCUT2D eigenvalue weighted by molar-refractivity contribution is 5.91. The van der Waals surface area contributed by atoms with Crippen LogP contribution in [0.1, 0.15) is 5.56 Å². The van der Waals surface area contributed by atoms with E-state index >= 15 is 0 Å². The molecule has 0 heterocycles. The second-order valence-corrected chi connectivity index (χ2v) is 4.55. The van der Waals surface area contributed by atoms with Gasteiger partial charge in [0.05, 0.1) is 0 Å². The Morgan fingerprint density at radius 2 is 1.55 bits per heavy atom. The highest BCUT2D eigenvalue weighted by Crippen LogP contribution is 2.21. The monoisotopic (exact) mass is 267 g/mol. The summed E-state index contributed by atoms with van der Waals surface area (Å²) in [5.41, 5.74) is 0.959. The Labute approximate surface area is 119 Å². The summed E-state index contributed by atoms with van der Waals surface area (Å²) < 4.78 is 5.70. The van der Waals surface area contributed by atoms with E-state index in [1.165, 1.54) is 4.90 Å². The minimum absolute atomic E-state index is 0.0328. The number of para-hydroxylation sites is 1. The van der Waals surface area contributed by atoms with Gasteiger partial charge >= 0.3 is 0 Å². The highest BCUT2D eigenvalue weighted by Gasteiger charge is 1.98. The molecule has 0 aromatic heterocycles. The molecule has 0 saturated carbocycles. The standard InChI is InChI=1S/C17H17NO2/c1-18(2)17(19)13-10-14-8-11-16(12-9-14)20-15-6-4-3-5-7-15/h3-13H,1-2H3/b13-10+. The smallest absolute Gasteiger partial charge is 0.246 e. The Balaban J connectivity index is 2.02. The van der Waals surface area contributed by atoms with E-state index in [-0.39, 0.29) is 5.91 Å². The third-order valence-corrected chi connectivity index (χ3v) is 2.72. The van der Waals surface area contributed by atoms with Crippen LogP contribution in [0.15, 0.2) is 60.7 Å². The normalized spacial score (nSPS) is 10.5. The second kappa shape index (κ2) is 6.57. The minimum atomic E-state index is -0.0328. The van der Waals surface area contributed by atoms with Crippen LogP contribution in [0.2, 0.25) is 0 Å². The van der Waals surface area contributed by atoms with Crippen LogP contribution >= 0.6 is 0 Å². The van der Waals surface area contributed by atoms with E-state index in [2.05, 4.69) is 0 Å². The highest BCUT2D eigenvalue weighted by atomic mass is 16.5. The van der Waals surface area contributed by atoms with E-state index in [1.807, 2.05) is 54.6 Å². The Morgan fingerprint density at radius 1 is 0.950 bits per heavy atom. The lowest BCUT2D eigenvalue weighted by molar-refractivity contribution is -0.123. The van der Waals surface area contributed by atoms with Crippen molar-refractivity contribution >= 4 is 12.0 Å². The Morgan fingerprint density at radius 3 is 2.15 bits per heavy atom. The van der Waals surface area contributed by atoms with Gasteiger partial charge in [0.1, 0.15) is 11.5 Å². The molecule has 0 atom stereocenters. The summed E-state index contributed by atoms with van der Waals surface area (Å²) >= 11 is 0. The van der Waals surface area contributed by atoms with Gasteiger partial charge in [0.25, 0.3) is 0 Å². The fourth-order valence-corrected chi connectivity index (χ4v) is 1.59. The van der Waals surface area contributed by atoms with Crippen molar-refractivity contribution in [3.05, 3.63) is 66.2 Å². The molecule has 2 aromatic carbocycles. The van der Waals surface area contributed by atoms with Crippen LogP contribution in [-0.2, 0) is 4.79 Å². The molecule has 0 spiro atoms. The van der Waals surface area contributed by atoms with Crippen LogP contribution in [0.4, 0.5) is 0 Å². The van der Waals surface area contributed by atoms with E-state index < -0.39 is 0 Å². The number of rotatable bonds is 4. The van der Waals surface area contributed by atoms with Crippen molar-refractivity contribution < 1.29 is 9.53 Å². The minimum Gasteiger partial charge on any atom is -0.457 e. The molecule has 102 valence electrons. The lowest BCUT2D eigenvalue weighted by Gasteiger charge is -2.06. The predicted molar refractivity (Wildman–Crippen MR) is 80.7 cm³/mol. The fourth-order valence-electron chi connectivity index (χ4n) is 1.59. The second-order valence-electron chi connectivity index (χ2n) is 4.55. The molecule has 0 saturated heterocycles. The molecule has 2 rings (SSSR count). The molecule has 20 heavy (non-hydrogen) atoms. The van der Waals surface area contributed by atoms with Gasteiger partial charge in [-0.05, 0) is 35.9 Å². The topological polar surface area (TPSA) is 29.5 Å². The van der Waals surface area contributed by atoms with Crippen LogP contribution in [-0.4, -0.2) is 24.9 Å². The third kappa shape index (κ3) is 3.99. The number of benzene rings is 2. The zero-order valence-corrected chi connectivity index (χ0v) is 11.6. The number of ether oxygens (including phenoxy) is 1. The van der Waals surface area contributed by atoms with Crippen molar-refractivity contribution in [2.45, 2.75) is 0 Å². The summed E-state index contributed by atoms with van der Waals surface area (Å²) in [5.74, 6) is 1.54. The van der Waals surface area contributed by atoms with Crippen molar-refractivity contribution in [1.29, 1.82) is 0 Å². The molecule has 3 nitrogen and oxygen atoms in total. The Hall–Kier alpha value is -2.55. The van der Waals surface area contributed by atoms with Crippen molar-refractivity contribution in [3.8, 4) is 11.5 Å². The van der Waals surface area contributed by atoms with Crippen LogP contribution in [0, 0.1) is 0 Å². The number of carbonyl (C=O) groups excluding carboxylic acids is 1. The van der Waals surface area contributed by atoms with Crippen LogP contribution in [0.3, 0.4) is 0 Å². The molecule has 0 fully saturated rings. The van der Waals surface area contributed by atoms with Crippen LogP contribution in [0.25, 0.3) is 6.08 Å². The molecule has 1 amide bonds. The largest absolute Gasteiger partial charge is 0.457 e. The quantitative estimate of drug-likeness (QED) is 0.792. The fraction of sp³-hybridized carbons (Fsp3) is 0.118. The molecular formula is C17H17NO2. The lowest BCUT2D eigenvalue weighted by atomic mass is 10.2. The third-order valence-electron chi connectivity index (χ3n) is 2.72. The maximum Gasteiger partial charge on any atom is 0.246 e. The number of hydrogen-bond acceptors (Lipinski definition) is 2. The molecule has 0 radical (unpaired) electrons. The van der Waals surface area contributed by atoms with E-state index in [1.54, 1.807) is 26.2 Å². The first kappa shape index (κ1) is 13.9. The Kier molecular flexibility index (Phi) is 4.56. The number of hydrogen-bond donors (Lipinski definition) is 0. The molecule has 0 unspecified atom stereocenters. The summed E-state index contributed by atoms with van der Waals surface area (Å²) in [6.07, 6.45) is 3.34. The van der Waals surface area contributed by atoms with E-state index in [0.29, 0.717) is 0 Å². The molecule has 0 N–H and O–H groups in total. The average Bonchev–Trinajstić information content (AvgIpc) is 2.47. The van der Waals surface area contributed by atoms with E-state index in [9.17, 15) is 4.79 Å².